The van der Waals surface area contributed by atoms with Crippen LogP contribution in [-0.4, -0.2) is 12.1 Å². The molecule has 11 heavy (non-hydrogen) atoms. The smallest absolute Gasteiger partial charge is 0.238 e. The summed E-state index contributed by atoms with van der Waals surface area (Å²) in [6.45, 7) is 1.83. The quantitative estimate of drug-likeness (QED) is 0.701. The lowest BCUT2D eigenvalue weighted by molar-refractivity contribution is 0.399. The number of halogens is 1. The number of nitrogens with two attached hydrogens (primary N) is 1. The molecule has 1 aromatic rings. The molecule has 0 atom stereocenters. The minimum Gasteiger partial charge on any atom is -0.479 e. The summed E-state index contributed by atoms with van der Waals surface area (Å²) in [5, 5.41) is 0.481. The van der Waals surface area contributed by atoms with Crippen molar-refractivity contribution in [3.63, 3.8) is 0 Å². The molecule has 0 aliphatic heterocycles. The van der Waals surface area contributed by atoms with Gasteiger partial charge in [-0.2, -0.15) is 0 Å². The number of ether oxygens (including phenoxy) is 1. The first-order valence-electron chi connectivity index (χ1n) is 3.11. The molecular formula is C7H9ClN2O. The molecule has 60 valence electrons. The number of aryl methyl sites for hydroxylation is 1. The van der Waals surface area contributed by atoms with Crippen LogP contribution in [0.3, 0.4) is 0 Å². The number of methoxy groups -OCH3 is 1. The van der Waals surface area contributed by atoms with Crippen molar-refractivity contribution in [3.8, 4) is 5.88 Å². The van der Waals surface area contributed by atoms with Crippen LogP contribution in [0.5, 0.6) is 5.88 Å². The number of aromatic nitrogens is 1. The molecule has 0 saturated carbocycles. The molecule has 2 N–H and O–H groups in total. The number of pyridine rings is 1. The predicted molar refractivity (Wildman–Crippen MR) is 44.9 cm³/mol. The Morgan fingerprint density at radius 1 is 1.64 bits per heavy atom. The molecule has 0 spiro atoms. The van der Waals surface area contributed by atoms with E-state index in [1.54, 1.807) is 6.07 Å². The maximum Gasteiger partial charge on any atom is 0.238 e. The summed E-state index contributed by atoms with van der Waals surface area (Å²) in [7, 11) is 1.51. The zero-order valence-corrected chi connectivity index (χ0v) is 7.14. The van der Waals surface area contributed by atoms with Gasteiger partial charge in [-0.05, 0) is 13.0 Å². The van der Waals surface area contributed by atoms with E-state index in [1.165, 1.54) is 7.11 Å². The highest BCUT2D eigenvalue weighted by Gasteiger charge is 2.05. The van der Waals surface area contributed by atoms with Gasteiger partial charge in [0.1, 0.15) is 5.69 Å². The largest absolute Gasteiger partial charge is 0.479 e. The molecule has 0 amide bonds. The molecule has 0 bridgehead atoms. The molecule has 0 radical (unpaired) electrons. The highest BCUT2D eigenvalue weighted by atomic mass is 35.5. The standard InChI is InChI=1S/C7H9ClN2O/c1-4-3-5(8)6(9)7(10-4)11-2/h3H,9H2,1-2H3. The Kier molecular flexibility index (Phi) is 2.19. The van der Waals surface area contributed by atoms with E-state index in [1.807, 2.05) is 6.92 Å². The average molecular weight is 173 g/mol. The van der Waals surface area contributed by atoms with Crippen LogP contribution in [0.4, 0.5) is 5.69 Å². The maximum absolute atomic E-state index is 5.75. The molecule has 1 heterocycles. The second-order valence-corrected chi connectivity index (χ2v) is 2.58. The van der Waals surface area contributed by atoms with Gasteiger partial charge in [0, 0.05) is 5.69 Å². The third-order valence-corrected chi connectivity index (χ3v) is 1.61. The second-order valence-electron chi connectivity index (χ2n) is 2.17. The number of hydrogen-bond acceptors (Lipinski definition) is 3. The monoisotopic (exact) mass is 172 g/mol. The van der Waals surface area contributed by atoms with Gasteiger partial charge >= 0.3 is 0 Å². The van der Waals surface area contributed by atoms with E-state index >= 15 is 0 Å². The van der Waals surface area contributed by atoms with Crippen LogP contribution in [0.2, 0.25) is 5.02 Å². The number of nitrogens with zero attached hydrogens (tertiary/aromatic N) is 1. The van der Waals surface area contributed by atoms with Crippen molar-refractivity contribution in [2.45, 2.75) is 6.92 Å². The van der Waals surface area contributed by atoms with Gasteiger partial charge in [-0.3, -0.25) is 0 Å². The summed E-state index contributed by atoms with van der Waals surface area (Å²) >= 11 is 5.75. The van der Waals surface area contributed by atoms with Crippen molar-refractivity contribution in [1.29, 1.82) is 0 Å². The molecule has 0 aliphatic carbocycles. The number of hydrogen-bond donors (Lipinski definition) is 1. The van der Waals surface area contributed by atoms with Crippen molar-refractivity contribution < 1.29 is 4.74 Å². The van der Waals surface area contributed by atoms with Gasteiger partial charge < -0.3 is 10.5 Å². The summed E-state index contributed by atoms with van der Waals surface area (Å²) < 4.78 is 4.89. The van der Waals surface area contributed by atoms with E-state index in [4.69, 9.17) is 22.1 Å². The lowest BCUT2D eigenvalue weighted by Gasteiger charge is -2.04. The number of rotatable bonds is 1. The fourth-order valence-corrected chi connectivity index (χ4v) is 1.01. The Labute approximate surface area is 70.1 Å². The summed E-state index contributed by atoms with van der Waals surface area (Å²) in [6, 6.07) is 1.69. The first-order chi connectivity index (χ1) is 5.15. The predicted octanol–water partition coefficient (Wildman–Crippen LogP) is 1.63. The highest BCUT2D eigenvalue weighted by Crippen LogP contribution is 2.27. The SMILES string of the molecule is COc1nc(C)cc(Cl)c1N. The first kappa shape index (κ1) is 8.14. The van der Waals surface area contributed by atoms with E-state index < -0.39 is 0 Å². The highest BCUT2D eigenvalue weighted by molar-refractivity contribution is 6.33. The lowest BCUT2D eigenvalue weighted by atomic mass is 10.3. The van der Waals surface area contributed by atoms with Crippen LogP contribution in [0.25, 0.3) is 0 Å². The van der Waals surface area contributed by atoms with Gasteiger partial charge in [0.25, 0.3) is 0 Å². The molecule has 1 rings (SSSR count). The van der Waals surface area contributed by atoms with Gasteiger partial charge in [0.05, 0.1) is 12.1 Å². The first-order valence-corrected chi connectivity index (χ1v) is 3.49. The molecule has 1 aromatic heterocycles. The second kappa shape index (κ2) is 2.96. The van der Waals surface area contributed by atoms with Crippen LogP contribution < -0.4 is 10.5 Å². The zero-order chi connectivity index (χ0) is 8.43. The third-order valence-electron chi connectivity index (χ3n) is 1.29. The molecule has 0 saturated heterocycles. The van der Waals surface area contributed by atoms with Crippen molar-refractivity contribution in [1.82, 2.24) is 4.98 Å². The Balaban J connectivity index is 3.24. The van der Waals surface area contributed by atoms with Gasteiger partial charge in [-0.25, -0.2) is 4.98 Å². The molecule has 0 aromatic carbocycles. The van der Waals surface area contributed by atoms with Crippen molar-refractivity contribution >= 4 is 17.3 Å². The molecule has 4 heteroatoms. The Hall–Kier alpha value is -0.960. The molecule has 0 aliphatic rings. The molecule has 0 fully saturated rings. The van der Waals surface area contributed by atoms with Crippen molar-refractivity contribution in [3.05, 3.63) is 16.8 Å². The number of anilines is 1. The molecular weight excluding hydrogens is 164 g/mol. The van der Waals surface area contributed by atoms with E-state index in [9.17, 15) is 0 Å². The summed E-state index contributed by atoms with van der Waals surface area (Å²) in [4.78, 5) is 4.02. The van der Waals surface area contributed by atoms with Crippen LogP contribution >= 0.6 is 11.6 Å². The third kappa shape index (κ3) is 1.54. The van der Waals surface area contributed by atoms with Crippen molar-refractivity contribution in [2.75, 3.05) is 12.8 Å². The van der Waals surface area contributed by atoms with E-state index in [0.29, 0.717) is 16.6 Å². The fraction of sp³-hybridized carbons (Fsp3) is 0.286. The van der Waals surface area contributed by atoms with E-state index in [2.05, 4.69) is 4.98 Å². The van der Waals surface area contributed by atoms with Crippen LogP contribution in [0.15, 0.2) is 6.07 Å². The normalized spacial score (nSPS) is 9.73. The van der Waals surface area contributed by atoms with Gasteiger partial charge in [0.15, 0.2) is 0 Å². The fourth-order valence-electron chi connectivity index (χ4n) is 0.772. The van der Waals surface area contributed by atoms with Crippen LogP contribution in [0, 0.1) is 6.92 Å². The van der Waals surface area contributed by atoms with Crippen LogP contribution in [0.1, 0.15) is 5.69 Å². The Morgan fingerprint density at radius 2 is 2.27 bits per heavy atom. The molecule has 0 unspecified atom stereocenters. The van der Waals surface area contributed by atoms with Crippen molar-refractivity contribution in [2.24, 2.45) is 0 Å². The van der Waals surface area contributed by atoms with Gasteiger partial charge in [-0.15, -0.1) is 0 Å². The summed E-state index contributed by atoms with van der Waals surface area (Å²) in [5.41, 5.74) is 6.72. The van der Waals surface area contributed by atoms with Gasteiger partial charge in [-0.1, -0.05) is 11.6 Å². The topological polar surface area (TPSA) is 48.1 Å². The summed E-state index contributed by atoms with van der Waals surface area (Å²) in [5.74, 6) is 0.384. The minimum atomic E-state index is 0.384. The average Bonchev–Trinajstić information content (AvgIpc) is 1.96. The lowest BCUT2D eigenvalue weighted by Crippen LogP contribution is -1.97. The van der Waals surface area contributed by atoms with Crippen LogP contribution in [-0.2, 0) is 0 Å². The molecule has 3 nitrogen and oxygen atoms in total. The van der Waals surface area contributed by atoms with Gasteiger partial charge in [0.2, 0.25) is 5.88 Å². The number of nitrogen functional groups attached to an aromatic ring is 1. The van der Waals surface area contributed by atoms with E-state index in [0.717, 1.165) is 5.69 Å². The zero-order valence-electron chi connectivity index (χ0n) is 6.39. The Bertz CT molecular complexity index is 275. The summed E-state index contributed by atoms with van der Waals surface area (Å²) in [6.07, 6.45) is 0. The maximum atomic E-state index is 5.75. The minimum absolute atomic E-state index is 0.384. The van der Waals surface area contributed by atoms with E-state index in [-0.39, 0.29) is 0 Å². The Morgan fingerprint density at radius 3 is 2.82 bits per heavy atom.